The second kappa shape index (κ2) is 7.09. The molecule has 0 aliphatic heterocycles. The third-order valence-electron chi connectivity index (χ3n) is 2.84. The third kappa shape index (κ3) is 4.08. The number of rotatable bonds is 4. The molecule has 0 fully saturated rings. The molecule has 2 rings (SSSR count). The quantitative estimate of drug-likeness (QED) is 0.926. The first-order valence-electron chi connectivity index (χ1n) is 6.87. The molecule has 0 saturated heterocycles. The number of ether oxygens (including phenoxy) is 1. The summed E-state index contributed by atoms with van der Waals surface area (Å²) in [5.41, 5.74) is 1.70. The standard InChI is InChI=1S/C16H18N2O3S/c1-3-21-16(19)18-22(20,15-7-5-4-6-8-15)17-14-11-9-13(2)10-12-14/h4-12H,3H2,1-2H3,(H,17,18,19,20). The summed E-state index contributed by atoms with van der Waals surface area (Å²) in [5, 5.41) is 0. The Hall–Kier alpha value is -2.34. The zero-order valence-corrected chi connectivity index (χ0v) is 13.3. The molecule has 0 aliphatic rings. The van der Waals surface area contributed by atoms with Gasteiger partial charge in [0.2, 0.25) is 0 Å². The van der Waals surface area contributed by atoms with Gasteiger partial charge in [-0.25, -0.2) is 9.00 Å². The Balaban J connectivity index is 2.44. The normalized spacial score (nSPS) is 13.0. The van der Waals surface area contributed by atoms with Crippen LogP contribution in [0.4, 0.5) is 10.5 Å². The summed E-state index contributed by atoms with van der Waals surface area (Å²) in [6.45, 7) is 3.81. The Kier molecular flexibility index (Phi) is 5.16. The Morgan fingerprint density at radius 2 is 1.77 bits per heavy atom. The highest BCUT2D eigenvalue weighted by molar-refractivity contribution is 7.95. The average molecular weight is 318 g/mol. The van der Waals surface area contributed by atoms with Gasteiger partial charge in [-0.3, -0.25) is 4.72 Å². The smallest absolute Gasteiger partial charge is 0.443 e. The molecule has 1 N–H and O–H groups in total. The lowest BCUT2D eigenvalue weighted by atomic mass is 10.2. The molecule has 1 atom stereocenters. The van der Waals surface area contributed by atoms with Crippen molar-refractivity contribution in [1.82, 2.24) is 0 Å². The van der Waals surface area contributed by atoms with E-state index in [1.807, 2.05) is 19.1 Å². The lowest BCUT2D eigenvalue weighted by Gasteiger charge is -2.13. The van der Waals surface area contributed by atoms with Gasteiger partial charge in [0.15, 0.2) is 9.92 Å². The Labute approximate surface area is 130 Å². The van der Waals surface area contributed by atoms with Crippen LogP contribution in [0.3, 0.4) is 0 Å². The first-order chi connectivity index (χ1) is 10.5. The first-order valence-corrected chi connectivity index (χ1v) is 8.38. The lowest BCUT2D eigenvalue weighted by molar-refractivity contribution is 0.164. The predicted molar refractivity (Wildman–Crippen MR) is 87.1 cm³/mol. The summed E-state index contributed by atoms with van der Waals surface area (Å²) in [4.78, 5) is 12.1. The van der Waals surface area contributed by atoms with Crippen LogP contribution in [0.5, 0.6) is 0 Å². The van der Waals surface area contributed by atoms with E-state index in [0.29, 0.717) is 10.6 Å². The molecule has 5 nitrogen and oxygen atoms in total. The van der Waals surface area contributed by atoms with Crippen LogP contribution in [0, 0.1) is 6.92 Å². The highest BCUT2D eigenvalue weighted by Gasteiger charge is 2.15. The number of hydrogen-bond donors (Lipinski definition) is 1. The van der Waals surface area contributed by atoms with Crippen molar-refractivity contribution in [3.05, 3.63) is 60.2 Å². The number of hydrogen-bond acceptors (Lipinski definition) is 3. The summed E-state index contributed by atoms with van der Waals surface area (Å²) in [6.07, 6.45) is -0.851. The van der Waals surface area contributed by atoms with Crippen molar-refractivity contribution in [3.63, 3.8) is 0 Å². The highest BCUT2D eigenvalue weighted by Crippen LogP contribution is 2.19. The summed E-state index contributed by atoms with van der Waals surface area (Å²) in [6, 6.07) is 16.0. The zero-order valence-electron chi connectivity index (χ0n) is 12.5. The molecular weight excluding hydrogens is 300 g/mol. The minimum atomic E-state index is -3.15. The lowest BCUT2D eigenvalue weighted by Crippen LogP contribution is -2.15. The van der Waals surface area contributed by atoms with Crippen LogP contribution in [0.1, 0.15) is 12.5 Å². The third-order valence-corrected chi connectivity index (χ3v) is 4.67. The van der Waals surface area contributed by atoms with Crippen LogP contribution < -0.4 is 4.72 Å². The van der Waals surface area contributed by atoms with Crippen LogP contribution in [-0.2, 0) is 14.7 Å². The molecule has 116 valence electrons. The Morgan fingerprint density at radius 3 is 2.36 bits per heavy atom. The van der Waals surface area contributed by atoms with Gasteiger partial charge in [-0.15, -0.1) is 4.36 Å². The second-order valence-electron chi connectivity index (χ2n) is 4.60. The second-order valence-corrected chi connectivity index (χ2v) is 6.51. The van der Waals surface area contributed by atoms with E-state index in [2.05, 4.69) is 9.08 Å². The van der Waals surface area contributed by atoms with E-state index in [4.69, 9.17) is 4.74 Å². The number of anilines is 1. The summed E-state index contributed by atoms with van der Waals surface area (Å²) in [5.74, 6) is 0. The maximum Gasteiger partial charge on any atom is 0.443 e. The molecule has 0 aromatic heterocycles. The van der Waals surface area contributed by atoms with Gasteiger partial charge >= 0.3 is 6.09 Å². The van der Waals surface area contributed by atoms with E-state index in [1.165, 1.54) is 0 Å². The molecule has 0 spiro atoms. The van der Waals surface area contributed by atoms with Gasteiger partial charge in [0.05, 0.1) is 11.5 Å². The molecule has 1 unspecified atom stereocenters. The molecule has 0 heterocycles. The number of carbonyl (C=O) groups is 1. The SMILES string of the molecule is CCOC(=O)N=S(=O)(Nc1ccc(C)cc1)c1ccccc1. The van der Waals surface area contributed by atoms with Gasteiger partial charge in [-0.2, -0.15) is 0 Å². The van der Waals surface area contributed by atoms with E-state index >= 15 is 0 Å². The van der Waals surface area contributed by atoms with Crippen molar-refractivity contribution in [2.45, 2.75) is 18.7 Å². The Bertz CT molecular complexity index is 749. The zero-order chi connectivity index (χ0) is 16.0. The van der Waals surface area contributed by atoms with Gasteiger partial charge in [0.1, 0.15) is 0 Å². The highest BCUT2D eigenvalue weighted by atomic mass is 32.2. The summed E-state index contributed by atoms with van der Waals surface area (Å²) in [7, 11) is -3.15. The van der Waals surface area contributed by atoms with Crippen molar-refractivity contribution < 1.29 is 13.7 Å². The minimum Gasteiger partial charge on any atom is -0.448 e. The van der Waals surface area contributed by atoms with Gasteiger partial charge in [-0.05, 0) is 38.1 Å². The number of carbonyl (C=O) groups excluding carboxylic acids is 1. The number of nitrogens with one attached hydrogen (secondary N) is 1. The van der Waals surface area contributed by atoms with E-state index < -0.39 is 16.0 Å². The molecule has 1 amide bonds. The van der Waals surface area contributed by atoms with Crippen LogP contribution in [0.15, 0.2) is 63.9 Å². The van der Waals surface area contributed by atoms with E-state index in [1.54, 1.807) is 49.4 Å². The van der Waals surface area contributed by atoms with Crippen molar-refractivity contribution in [2.75, 3.05) is 11.3 Å². The molecule has 2 aromatic carbocycles. The number of amides is 1. The Morgan fingerprint density at radius 1 is 1.14 bits per heavy atom. The van der Waals surface area contributed by atoms with Gasteiger partial charge < -0.3 is 4.74 Å². The largest absolute Gasteiger partial charge is 0.448 e. The van der Waals surface area contributed by atoms with Gasteiger partial charge in [0, 0.05) is 5.69 Å². The van der Waals surface area contributed by atoms with Gasteiger partial charge in [-0.1, -0.05) is 35.9 Å². The fourth-order valence-corrected chi connectivity index (χ4v) is 3.29. The molecule has 0 aliphatic carbocycles. The monoisotopic (exact) mass is 318 g/mol. The maximum atomic E-state index is 13.1. The number of aryl methyl sites for hydroxylation is 1. The van der Waals surface area contributed by atoms with Crippen molar-refractivity contribution in [1.29, 1.82) is 0 Å². The van der Waals surface area contributed by atoms with Gasteiger partial charge in [0.25, 0.3) is 0 Å². The van der Waals surface area contributed by atoms with E-state index in [-0.39, 0.29) is 6.61 Å². The molecule has 0 saturated carbocycles. The van der Waals surface area contributed by atoms with Crippen molar-refractivity contribution >= 4 is 21.7 Å². The number of benzene rings is 2. The molecule has 22 heavy (non-hydrogen) atoms. The molecule has 2 aromatic rings. The average Bonchev–Trinajstić information content (AvgIpc) is 2.51. The number of nitrogens with zero attached hydrogens (tertiary/aromatic N) is 1. The van der Waals surface area contributed by atoms with Crippen molar-refractivity contribution in [3.8, 4) is 0 Å². The maximum absolute atomic E-state index is 13.1. The first kappa shape index (κ1) is 16.0. The van der Waals surface area contributed by atoms with Crippen LogP contribution in [0.2, 0.25) is 0 Å². The summed E-state index contributed by atoms with van der Waals surface area (Å²) >= 11 is 0. The minimum absolute atomic E-state index is 0.178. The van der Waals surface area contributed by atoms with Crippen LogP contribution in [-0.4, -0.2) is 16.9 Å². The van der Waals surface area contributed by atoms with Crippen LogP contribution >= 0.6 is 0 Å². The fraction of sp³-hybridized carbons (Fsp3) is 0.188. The predicted octanol–water partition coefficient (Wildman–Crippen LogP) is 4.01. The molecule has 0 radical (unpaired) electrons. The fourth-order valence-electron chi connectivity index (χ4n) is 1.78. The van der Waals surface area contributed by atoms with Crippen molar-refractivity contribution in [2.24, 2.45) is 4.36 Å². The molecule has 0 bridgehead atoms. The topological polar surface area (TPSA) is 67.8 Å². The molecule has 6 heteroatoms. The van der Waals surface area contributed by atoms with E-state index in [9.17, 15) is 9.00 Å². The molecular formula is C16H18N2O3S. The summed E-state index contributed by atoms with van der Waals surface area (Å²) < 4.78 is 24.5. The van der Waals surface area contributed by atoms with Crippen LogP contribution in [0.25, 0.3) is 0 Å². The van der Waals surface area contributed by atoms with E-state index in [0.717, 1.165) is 5.56 Å².